The van der Waals surface area contributed by atoms with Gasteiger partial charge in [0, 0.05) is 51.7 Å². The molecule has 0 aliphatic carbocycles. The number of hydrogen-bond acceptors (Lipinski definition) is 5. The number of piperidine rings is 1. The number of esters is 1. The summed E-state index contributed by atoms with van der Waals surface area (Å²) in [5.74, 6) is -0.217. The minimum absolute atomic E-state index is 0.170. The van der Waals surface area contributed by atoms with Gasteiger partial charge in [0.25, 0.3) is 0 Å². The van der Waals surface area contributed by atoms with Crippen molar-refractivity contribution in [2.24, 2.45) is 5.92 Å². The van der Waals surface area contributed by atoms with Gasteiger partial charge in [0.05, 0.1) is 12.8 Å². The van der Waals surface area contributed by atoms with Crippen LogP contribution in [0.4, 0.5) is 14.5 Å². The lowest BCUT2D eigenvalue weighted by Crippen LogP contribution is -2.56. The number of likely N-dealkylation sites (tertiary alicyclic amines) is 1. The Labute approximate surface area is 194 Å². The van der Waals surface area contributed by atoms with Gasteiger partial charge in [-0.25, -0.2) is 8.78 Å². The Morgan fingerprint density at radius 1 is 1.00 bits per heavy atom. The first-order chi connectivity index (χ1) is 16.0. The Balaban J connectivity index is 1.39. The number of hydrogen-bond donors (Lipinski definition) is 0. The first-order valence-corrected chi connectivity index (χ1v) is 11.8. The molecule has 2 saturated heterocycles. The second-order valence-corrected chi connectivity index (χ2v) is 9.07. The highest BCUT2D eigenvalue weighted by atomic mass is 19.1. The molecule has 0 amide bonds. The average molecular weight is 458 g/mol. The zero-order chi connectivity index (χ0) is 23.2. The summed E-state index contributed by atoms with van der Waals surface area (Å²) < 4.78 is 32.4. The molecular formula is C26H33F2N3O2. The summed E-state index contributed by atoms with van der Waals surface area (Å²) in [5.41, 5.74) is 1.77. The van der Waals surface area contributed by atoms with Gasteiger partial charge in [-0.15, -0.1) is 0 Å². The van der Waals surface area contributed by atoms with Gasteiger partial charge in [-0.05, 0) is 55.1 Å². The standard InChI is InChI=1S/C26H33F2N3O2/c1-33-26(32)11-8-21-19-29(18-20-6-9-22(27)10-7-20)13-12-24(21)30-14-16-31(17-15-30)25-5-3-2-4-23(25)28/h2-7,9-10,21,24H,8,11-19H2,1H3/t21-,24+/m1/s1. The van der Waals surface area contributed by atoms with Crippen LogP contribution in [0.1, 0.15) is 24.8 Å². The lowest BCUT2D eigenvalue weighted by molar-refractivity contribution is -0.141. The van der Waals surface area contributed by atoms with Crippen molar-refractivity contribution < 1.29 is 18.3 Å². The molecule has 5 nitrogen and oxygen atoms in total. The maximum Gasteiger partial charge on any atom is 0.305 e. The van der Waals surface area contributed by atoms with Crippen LogP contribution in [0.25, 0.3) is 0 Å². The number of piperazine rings is 1. The van der Waals surface area contributed by atoms with E-state index in [-0.39, 0.29) is 17.6 Å². The fourth-order valence-corrected chi connectivity index (χ4v) is 5.26. The summed E-state index contributed by atoms with van der Waals surface area (Å²) in [5, 5.41) is 0. The van der Waals surface area contributed by atoms with Crippen LogP contribution in [-0.2, 0) is 16.1 Å². The number of methoxy groups -OCH3 is 1. The number of anilines is 1. The highest BCUT2D eigenvalue weighted by Crippen LogP contribution is 2.29. The smallest absolute Gasteiger partial charge is 0.305 e. The Hall–Kier alpha value is -2.51. The number of para-hydroxylation sites is 1. The van der Waals surface area contributed by atoms with Gasteiger partial charge in [-0.1, -0.05) is 24.3 Å². The second-order valence-electron chi connectivity index (χ2n) is 9.07. The molecule has 0 aromatic heterocycles. The van der Waals surface area contributed by atoms with E-state index in [9.17, 15) is 13.6 Å². The largest absolute Gasteiger partial charge is 0.469 e. The number of carbonyl (C=O) groups is 1. The van der Waals surface area contributed by atoms with Crippen LogP contribution in [0.2, 0.25) is 0 Å². The predicted molar refractivity (Wildman–Crippen MR) is 125 cm³/mol. The first-order valence-electron chi connectivity index (χ1n) is 11.8. The van der Waals surface area contributed by atoms with Gasteiger partial charge >= 0.3 is 5.97 Å². The zero-order valence-corrected chi connectivity index (χ0v) is 19.3. The lowest BCUT2D eigenvalue weighted by Gasteiger charge is -2.47. The van der Waals surface area contributed by atoms with Gasteiger partial charge in [-0.2, -0.15) is 0 Å². The zero-order valence-electron chi connectivity index (χ0n) is 19.3. The van der Waals surface area contributed by atoms with E-state index in [1.54, 1.807) is 6.07 Å². The van der Waals surface area contributed by atoms with E-state index in [1.165, 1.54) is 25.3 Å². The van der Waals surface area contributed by atoms with Crippen LogP contribution in [0.5, 0.6) is 0 Å². The van der Waals surface area contributed by atoms with Gasteiger partial charge < -0.3 is 9.64 Å². The number of halogens is 2. The number of nitrogens with zero attached hydrogens (tertiary/aromatic N) is 3. The molecule has 2 aromatic rings. The molecule has 4 rings (SSSR count). The number of benzene rings is 2. The molecule has 0 unspecified atom stereocenters. The van der Waals surface area contributed by atoms with Crippen LogP contribution < -0.4 is 4.90 Å². The molecule has 178 valence electrons. The summed E-state index contributed by atoms with van der Waals surface area (Å²) >= 11 is 0. The van der Waals surface area contributed by atoms with Gasteiger partial charge in [0.2, 0.25) is 0 Å². The molecule has 0 spiro atoms. The third-order valence-corrected chi connectivity index (χ3v) is 7.02. The molecule has 2 fully saturated rings. The Kier molecular flexibility index (Phi) is 7.93. The molecule has 2 heterocycles. The van der Waals surface area contributed by atoms with Crippen LogP contribution in [0.15, 0.2) is 48.5 Å². The third kappa shape index (κ3) is 6.09. The molecule has 2 atom stereocenters. The summed E-state index contributed by atoms with van der Waals surface area (Å²) in [6.07, 6.45) is 2.22. The second kappa shape index (κ2) is 11.1. The highest BCUT2D eigenvalue weighted by Gasteiger charge is 2.35. The molecule has 7 heteroatoms. The summed E-state index contributed by atoms with van der Waals surface area (Å²) in [6.45, 7) is 5.98. The summed E-state index contributed by atoms with van der Waals surface area (Å²) in [7, 11) is 1.43. The Morgan fingerprint density at radius 3 is 2.42 bits per heavy atom. The van der Waals surface area contributed by atoms with Crippen LogP contribution in [-0.4, -0.2) is 68.2 Å². The van der Waals surface area contributed by atoms with Crippen LogP contribution >= 0.6 is 0 Å². The van der Waals surface area contributed by atoms with Crippen LogP contribution in [0.3, 0.4) is 0 Å². The van der Waals surface area contributed by atoms with E-state index in [0.29, 0.717) is 24.1 Å². The van der Waals surface area contributed by atoms with E-state index >= 15 is 0 Å². The monoisotopic (exact) mass is 457 g/mol. The van der Waals surface area contributed by atoms with Crippen LogP contribution in [0, 0.1) is 17.6 Å². The van der Waals surface area contributed by atoms with E-state index in [4.69, 9.17) is 4.74 Å². The molecule has 0 bridgehead atoms. The Bertz CT molecular complexity index is 916. The maximum atomic E-state index is 14.2. The van der Waals surface area contributed by atoms with Crippen molar-refractivity contribution in [3.8, 4) is 0 Å². The highest BCUT2D eigenvalue weighted by molar-refractivity contribution is 5.69. The molecule has 2 aliphatic heterocycles. The number of carbonyl (C=O) groups excluding carboxylic acids is 1. The molecule has 0 radical (unpaired) electrons. The minimum Gasteiger partial charge on any atom is -0.469 e. The topological polar surface area (TPSA) is 36.0 Å². The van der Waals surface area contributed by atoms with Crippen molar-refractivity contribution in [1.29, 1.82) is 0 Å². The molecule has 2 aliphatic rings. The molecular weight excluding hydrogens is 424 g/mol. The van der Waals surface area contributed by atoms with E-state index in [1.807, 2.05) is 24.3 Å². The quantitative estimate of drug-likeness (QED) is 0.589. The normalized spacial score (nSPS) is 22.3. The van der Waals surface area contributed by atoms with Crippen molar-refractivity contribution in [2.75, 3.05) is 51.3 Å². The first kappa shape index (κ1) is 23.6. The van der Waals surface area contributed by atoms with E-state index in [2.05, 4.69) is 14.7 Å². The van der Waals surface area contributed by atoms with E-state index in [0.717, 1.165) is 64.2 Å². The van der Waals surface area contributed by atoms with Crippen molar-refractivity contribution >= 4 is 11.7 Å². The van der Waals surface area contributed by atoms with Gasteiger partial charge in [0.1, 0.15) is 11.6 Å². The van der Waals surface area contributed by atoms with Gasteiger partial charge in [0.15, 0.2) is 0 Å². The summed E-state index contributed by atoms with van der Waals surface area (Å²) in [4.78, 5) is 18.9. The number of rotatable bonds is 7. The van der Waals surface area contributed by atoms with Crippen molar-refractivity contribution in [3.05, 3.63) is 65.7 Å². The molecule has 33 heavy (non-hydrogen) atoms. The fourth-order valence-electron chi connectivity index (χ4n) is 5.26. The SMILES string of the molecule is COC(=O)CC[C@@H]1CN(Cc2ccc(F)cc2)CC[C@@H]1N1CCN(c2ccccc2F)CC1. The van der Waals surface area contributed by atoms with Crippen molar-refractivity contribution in [1.82, 2.24) is 9.80 Å². The van der Waals surface area contributed by atoms with E-state index < -0.39 is 0 Å². The molecule has 0 N–H and O–H groups in total. The lowest BCUT2D eigenvalue weighted by atomic mass is 9.86. The minimum atomic E-state index is -0.220. The average Bonchev–Trinajstić information content (AvgIpc) is 2.84. The van der Waals surface area contributed by atoms with Gasteiger partial charge in [-0.3, -0.25) is 14.6 Å². The number of ether oxygens (including phenoxy) is 1. The third-order valence-electron chi connectivity index (χ3n) is 7.02. The predicted octanol–water partition coefficient (Wildman–Crippen LogP) is 3.93. The molecule has 0 saturated carbocycles. The maximum absolute atomic E-state index is 14.2. The summed E-state index contributed by atoms with van der Waals surface area (Å²) in [6, 6.07) is 14.0. The molecule has 2 aromatic carbocycles. The fraction of sp³-hybridized carbons (Fsp3) is 0.500. The Morgan fingerprint density at radius 2 is 1.73 bits per heavy atom. The van der Waals surface area contributed by atoms with Crippen molar-refractivity contribution in [3.63, 3.8) is 0 Å². The van der Waals surface area contributed by atoms with Crippen molar-refractivity contribution in [2.45, 2.75) is 31.8 Å².